The monoisotopic (exact) mass is 481 g/mol. The van der Waals surface area contributed by atoms with Crippen LogP contribution in [0, 0.1) is 0 Å². The molecule has 0 fully saturated rings. The fourth-order valence-electron chi connectivity index (χ4n) is 2.53. The number of carbonyl (C=O) groups excluding carboxylic acids is 1. The second-order valence-corrected chi connectivity index (χ2v) is 9.76. The first-order chi connectivity index (χ1) is 14.3. The molecule has 0 aliphatic carbocycles. The van der Waals surface area contributed by atoms with Crippen LogP contribution in [0.3, 0.4) is 0 Å². The molecule has 3 aromatic rings. The summed E-state index contributed by atoms with van der Waals surface area (Å²) in [6.45, 7) is 1.26. The Morgan fingerprint density at radius 1 is 1.07 bits per heavy atom. The number of hydrogen-bond donors (Lipinski definition) is 1. The highest BCUT2D eigenvalue weighted by Gasteiger charge is 2.27. The van der Waals surface area contributed by atoms with Gasteiger partial charge in [-0.25, -0.2) is 13.8 Å². The van der Waals surface area contributed by atoms with Crippen LogP contribution in [0.15, 0.2) is 76.0 Å². The number of amides is 1. The van der Waals surface area contributed by atoms with Crippen LogP contribution in [0.5, 0.6) is 0 Å². The van der Waals surface area contributed by atoms with Crippen molar-refractivity contribution in [2.45, 2.75) is 11.8 Å². The smallest absolute Gasteiger partial charge is 0.264 e. The first kappa shape index (κ1) is 22.3. The van der Waals surface area contributed by atoms with E-state index in [0.717, 1.165) is 9.18 Å². The van der Waals surface area contributed by atoms with Crippen molar-refractivity contribution in [2.24, 2.45) is 5.10 Å². The lowest BCUT2D eigenvalue weighted by atomic mass is 10.3. The number of hydrazone groups is 1. The summed E-state index contributed by atoms with van der Waals surface area (Å²) in [4.78, 5) is 13.5. The number of benzene rings is 2. The third-order valence-electron chi connectivity index (χ3n) is 4.04. The van der Waals surface area contributed by atoms with Gasteiger partial charge in [0.2, 0.25) is 0 Å². The van der Waals surface area contributed by atoms with Crippen LogP contribution in [-0.2, 0) is 14.8 Å². The van der Waals surface area contributed by atoms with Gasteiger partial charge in [-0.15, -0.1) is 11.3 Å². The fourth-order valence-corrected chi connectivity index (χ4v) is 4.93. The lowest BCUT2D eigenvalue weighted by molar-refractivity contribution is -0.119. The van der Waals surface area contributed by atoms with Crippen LogP contribution in [0.25, 0.3) is 0 Å². The molecule has 3 rings (SSSR count). The zero-order valence-electron chi connectivity index (χ0n) is 15.7. The van der Waals surface area contributed by atoms with E-state index >= 15 is 0 Å². The van der Waals surface area contributed by atoms with Gasteiger partial charge in [-0.1, -0.05) is 47.5 Å². The second-order valence-electron chi connectivity index (χ2n) is 6.13. The Balaban J connectivity index is 1.90. The number of hydrogen-bond acceptors (Lipinski definition) is 5. The molecule has 0 bridgehead atoms. The van der Waals surface area contributed by atoms with Gasteiger partial charge in [0.15, 0.2) is 0 Å². The Hall–Kier alpha value is -2.39. The first-order valence-corrected chi connectivity index (χ1v) is 11.8. The Morgan fingerprint density at radius 2 is 1.80 bits per heavy atom. The predicted molar refractivity (Wildman–Crippen MR) is 122 cm³/mol. The molecule has 1 aromatic heterocycles. The highest BCUT2D eigenvalue weighted by atomic mass is 35.5. The SMILES string of the molecule is C/C(=N\NC(=O)CN(c1ccc(Cl)c(Cl)c1)S(=O)(=O)c1ccccc1)c1cccs1. The third-order valence-corrected chi connectivity index (χ3v) is 7.54. The van der Waals surface area contributed by atoms with Gasteiger partial charge >= 0.3 is 0 Å². The van der Waals surface area contributed by atoms with Gasteiger partial charge in [-0.3, -0.25) is 9.10 Å². The maximum atomic E-state index is 13.2. The number of nitrogens with one attached hydrogen (secondary N) is 1. The molecule has 0 saturated carbocycles. The summed E-state index contributed by atoms with van der Waals surface area (Å²) in [5.74, 6) is -0.600. The Kier molecular flexibility index (Phi) is 7.14. The second kappa shape index (κ2) is 9.61. The van der Waals surface area contributed by atoms with Crippen LogP contribution in [0.2, 0.25) is 10.0 Å². The van der Waals surface area contributed by atoms with E-state index in [-0.39, 0.29) is 20.6 Å². The van der Waals surface area contributed by atoms with Gasteiger partial charge in [-0.05, 0) is 48.7 Å². The van der Waals surface area contributed by atoms with E-state index in [4.69, 9.17) is 23.2 Å². The minimum atomic E-state index is -4.04. The van der Waals surface area contributed by atoms with Gasteiger partial charge in [0.1, 0.15) is 6.54 Å². The number of halogens is 2. The fraction of sp³-hybridized carbons (Fsp3) is 0.100. The molecular formula is C20H17Cl2N3O3S2. The molecule has 0 spiro atoms. The van der Waals surface area contributed by atoms with Crippen LogP contribution in [0.1, 0.15) is 11.8 Å². The largest absolute Gasteiger partial charge is 0.271 e. The third kappa shape index (κ3) is 5.20. The number of sulfonamides is 1. The van der Waals surface area contributed by atoms with Crippen molar-refractivity contribution < 1.29 is 13.2 Å². The molecule has 0 aliphatic rings. The van der Waals surface area contributed by atoms with Crippen molar-refractivity contribution in [3.63, 3.8) is 0 Å². The maximum absolute atomic E-state index is 13.2. The number of carbonyl (C=O) groups is 1. The van der Waals surface area contributed by atoms with Gasteiger partial charge in [0.05, 0.1) is 26.3 Å². The summed E-state index contributed by atoms with van der Waals surface area (Å²) in [5, 5.41) is 6.41. The van der Waals surface area contributed by atoms with Crippen molar-refractivity contribution in [3.05, 3.63) is 81.0 Å². The average molecular weight is 482 g/mol. The van der Waals surface area contributed by atoms with E-state index in [1.807, 2.05) is 17.5 Å². The molecule has 0 aliphatic heterocycles. The lowest BCUT2D eigenvalue weighted by Crippen LogP contribution is -2.39. The minimum Gasteiger partial charge on any atom is -0.271 e. The molecule has 0 radical (unpaired) electrons. The zero-order valence-corrected chi connectivity index (χ0v) is 18.9. The molecule has 10 heteroatoms. The molecular weight excluding hydrogens is 465 g/mol. The molecule has 2 aromatic carbocycles. The average Bonchev–Trinajstić information content (AvgIpc) is 3.28. The van der Waals surface area contributed by atoms with Crippen LogP contribution in [-0.4, -0.2) is 26.6 Å². The summed E-state index contributed by atoms with van der Waals surface area (Å²) in [6, 6.07) is 15.9. The molecule has 6 nitrogen and oxygen atoms in total. The van der Waals surface area contributed by atoms with Crippen LogP contribution in [0.4, 0.5) is 5.69 Å². The summed E-state index contributed by atoms with van der Waals surface area (Å²) in [7, 11) is -4.04. The molecule has 1 heterocycles. The summed E-state index contributed by atoms with van der Waals surface area (Å²) < 4.78 is 27.4. The van der Waals surface area contributed by atoms with E-state index in [2.05, 4.69) is 10.5 Å². The minimum absolute atomic E-state index is 0.0436. The van der Waals surface area contributed by atoms with Gasteiger partial charge in [-0.2, -0.15) is 5.10 Å². The molecule has 0 unspecified atom stereocenters. The molecule has 1 amide bonds. The Morgan fingerprint density at radius 3 is 2.43 bits per heavy atom. The number of thiophene rings is 1. The van der Waals surface area contributed by atoms with Crippen molar-refractivity contribution in [3.8, 4) is 0 Å². The quantitative estimate of drug-likeness (QED) is 0.389. The first-order valence-electron chi connectivity index (χ1n) is 8.69. The highest BCUT2D eigenvalue weighted by Crippen LogP contribution is 2.30. The summed E-state index contributed by atoms with van der Waals surface area (Å²) >= 11 is 13.5. The van der Waals surface area contributed by atoms with E-state index in [1.54, 1.807) is 25.1 Å². The van der Waals surface area contributed by atoms with E-state index in [0.29, 0.717) is 5.71 Å². The molecule has 30 heavy (non-hydrogen) atoms. The highest BCUT2D eigenvalue weighted by molar-refractivity contribution is 7.92. The van der Waals surface area contributed by atoms with E-state index in [1.165, 1.54) is 41.7 Å². The number of rotatable bonds is 7. The van der Waals surface area contributed by atoms with Crippen molar-refractivity contribution in [1.29, 1.82) is 0 Å². The lowest BCUT2D eigenvalue weighted by Gasteiger charge is -2.24. The van der Waals surface area contributed by atoms with Crippen molar-refractivity contribution in [2.75, 3.05) is 10.8 Å². The van der Waals surface area contributed by atoms with Crippen molar-refractivity contribution in [1.82, 2.24) is 5.43 Å². The van der Waals surface area contributed by atoms with E-state index in [9.17, 15) is 13.2 Å². The van der Waals surface area contributed by atoms with E-state index < -0.39 is 22.5 Å². The number of nitrogens with zero attached hydrogens (tertiary/aromatic N) is 2. The molecule has 156 valence electrons. The summed E-state index contributed by atoms with van der Waals surface area (Å²) in [5.41, 5.74) is 3.24. The molecule has 0 saturated heterocycles. The maximum Gasteiger partial charge on any atom is 0.264 e. The molecule has 0 atom stereocenters. The predicted octanol–water partition coefficient (Wildman–Crippen LogP) is 4.79. The molecule has 1 N–H and O–H groups in total. The van der Waals surface area contributed by atoms with Gasteiger partial charge < -0.3 is 0 Å². The van der Waals surface area contributed by atoms with Gasteiger partial charge in [0.25, 0.3) is 15.9 Å². The normalized spacial score (nSPS) is 11.9. The van der Waals surface area contributed by atoms with Crippen LogP contribution < -0.4 is 9.73 Å². The zero-order chi connectivity index (χ0) is 21.7. The summed E-state index contributed by atoms with van der Waals surface area (Å²) in [6.07, 6.45) is 0. The van der Waals surface area contributed by atoms with Crippen LogP contribution >= 0.6 is 34.5 Å². The topological polar surface area (TPSA) is 78.8 Å². The Bertz CT molecular complexity index is 1170. The number of anilines is 1. The Labute approximate surface area is 188 Å². The van der Waals surface area contributed by atoms with Gasteiger partial charge in [0, 0.05) is 4.88 Å². The van der Waals surface area contributed by atoms with Crippen molar-refractivity contribution >= 4 is 61.9 Å². The standard InChI is InChI=1S/C20H17Cl2N3O3S2/c1-14(19-8-5-11-29-19)23-24-20(26)13-25(15-9-10-17(21)18(22)12-15)30(27,28)16-6-3-2-4-7-16/h2-12H,13H2,1H3,(H,24,26)/b23-14+.